The van der Waals surface area contributed by atoms with Crippen molar-refractivity contribution < 1.29 is 0 Å². The average molecular weight is 294 g/mol. The van der Waals surface area contributed by atoms with Gasteiger partial charge in [-0.1, -0.05) is 49.7 Å². The van der Waals surface area contributed by atoms with Gasteiger partial charge in [-0.2, -0.15) is 0 Å². The van der Waals surface area contributed by atoms with Crippen molar-refractivity contribution in [3.05, 3.63) is 56.7 Å². The Kier molecular flexibility index (Phi) is 5.44. The Labute approximate surface area is 124 Å². The highest BCUT2D eigenvalue weighted by atomic mass is 35.5. The predicted octanol–water partition coefficient (Wildman–Crippen LogP) is 5.05. The summed E-state index contributed by atoms with van der Waals surface area (Å²) < 4.78 is 0.854. The maximum atomic E-state index is 6.09. The molecule has 1 unspecified atom stereocenters. The molecule has 0 aliphatic rings. The third-order valence-corrected chi connectivity index (χ3v) is 4.52. The second-order valence-electron chi connectivity index (χ2n) is 4.58. The lowest BCUT2D eigenvalue weighted by molar-refractivity contribution is 0.602. The number of aryl methyl sites for hydroxylation is 1. The van der Waals surface area contributed by atoms with Crippen molar-refractivity contribution in [2.75, 3.05) is 6.54 Å². The molecule has 1 aromatic carbocycles. The summed E-state index contributed by atoms with van der Waals surface area (Å²) in [5.41, 5.74) is 2.78. The van der Waals surface area contributed by atoms with Crippen LogP contribution in [-0.2, 0) is 6.42 Å². The van der Waals surface area contributed by atoms with E-state index in [1.54, 1.807) is 11.3 Å². The molecule has 1 aromatic heterocycles. The van der Waals surface area contributed by atoms with Crippen molar-refractivity contribution in [1.29, 1.82) is 0 Å². The summed E-state index contributed by atoms with van der Waals surface area (Å²) in [6.45, 7) is 5.41. The van der Waals surface area contributed by atoms with Gasteiger partial charge in [0.15, 0.2) is 0 Å². The number of benzene rings is 1. The molecular formula is C16H20ClNS. The molecule has 0 spiro atoms. The molecule has 2 aromatic rings. The van der Waals surface area contributed by atoms with Gasteiger partial charge in [-0.25, -0.2) is 0 Å². The first-order valence-corrected chi connectivity index (χ1v) is 8.02. The molecule has 19 heavy (non-hydrogen) atoms. The van der Waals surface area contributed by atoms with Gasteiger partial charge in [0, 0.05) is 4.88 Å². The Balaban J connectivity index is 2.36. The first kappa shape index (κ1) is 14.6. The number of hydrogen-bond donors (Lipinski definition) is 1. The second kappa shape index (κ2) is 7.09. The van der Waals surface area contributed by atoms with Crippen LogP contribution in [0, 0.1) is 0 Å². The van der Waals surface area contributed by atoms with Crippen LogP contribution in [-0.4, -0.2) is 6.54 Å². The van der Waals surface area contributed by atoms with Crippen LogP contribution in [0.3, 0.4) is 0 Å². The Morgan fingerprint density at radius 3 is 2.58 bits per heavy atom. The third kappa shape index (κ3) is 3.59. The van der Waals surface area contributed by atoms with Gasteiger partial charge in [0.2, 0.25) is 0 Å². The molecule has 0 aliphatic heterocycles. The van der Waals surface area contributed by atoms with E-state index in [9.17, 15) is 0 Å². The van der Waals surface area contributed by atoms with Gasteiger partial charge in [-0.05, 0) is 42.6 Å². The average Bonchev–Trinajstić information content (AvgIpc) is 2.86. The van der Waals surface area contributed by atoms with Crippen molar-refractivity contribution in [3.63, 3.8) is 0 Å². The number of halogens is 1. The number of rotatable bonds is 6. The molecule has 3 heteroatoms. The van der Waals surface area contributed by atoms with Gasteiger partial charge in [-0.3, -0.25) is 0 Å². The van der Waals surface area contributed by atoms with Crippen molar-refractivity contribution in [1.82, 2.24) is 5.32 Å². The molecule has 0 radical (unpaired) electrons. The molecule has 0 amide bonds. The van der Waals surface area contributed by atoms with Crippen LogP contribution in [0.4, 0.5) is 0 Å². The van der Waals surface area contributed by atoms with Crippen molar-refractivity contribution >= 4 is 22.9 Å². The Hall–Kier alpha value is -0.830. The SMILES string of the molecule is CCCNC(c1ccc(Cl)s1)c1ccccc1CC. The zero-order valence-corrected chi connectivity index (χ0v) is 13.0. The molecule has 1 heterocycles. The molecule has 1 nitrogen and oxygen atoms in total. The topological polar surface area (TPSA) is 12.0 Å². The minimum absolute atomic E-state index is 0.258. The molecule has 0 saturated heterocycles. The maximum Gasteiger partial charge on any atom is 0.0931 e. The zero-order chi connectivity index (χ0) is 13.7. The fraction of sp³-hybridized carbons (Fsp3) is 0.375. The summed E-state index contributed by atoms with van der Waals surface area (Å²) in [4.78, 5) is 1.29. The molecular weight excluding hydrogens is 274 g/mol. The van der Waals surface area contributed by atoms with E-state index in [0.717, 1.165) is 23.7 Å². The van der Waals surface area contributed by atoms with Crippen LogP contribution in [0.2, 0.25) is 4.34 Å². The van der Waals surface area contributed by atoms with E-state index in [4.69, 9.17) is 11.6 Å². The lowest BCUT2D eigenvalue weighted by atomic mass is 9.97. The summed E-state index contributed by atoms with van der Waals surface area (Å²) in [6.07, 6.45) is 2.18. The summed E-state index contributed by atoms with van der Waals surface area (Å²) in [5, 5.41) is 3.64. The standard InChI is InChI=1S/C16H20ClNS/c1-3-11-18-16(14-9-10-15(17)19-14)13-8-6-5-7-12(13)4-2/h5-10,16,18H,3-4,11H2,1-2H3. The maximum absolute atomic E-state index is 6.09. The van der Waals surface area contributed by atoms with Gasteiger partial charge >= 0.3 is 0 Å². The van der Waals surface area contributed by atoms with E-state index >= 15 is 0 Å². The molecule has 0 saturated carbocycles. The smallest absolute Gasteiger partial charge is 0.0931 e. The monoisotopic (exact) mass is 293 g/mol. The van der Waals surface area contributed by atoms with Crippen LogP contribution >= 0.6 is 22.9 Å². The number of thiophene rings is 1. The Morgan fingerprint density at radius 2 is 1.95 bits per heavy atom. The summed E-state index contributed by atoms with van der Waals surface area (Å²) in [7, 11) is 0. The zero-order valence-electron chi connectivity index (χ0n) is 11.4. The molecule has 1 atom stereocenters. The minimum Gasteiger partial charge on any atom is -0.306 e. The molecule has 0 bridgehead atoms. The molecule has 1 N–H and O–H groups in total. The van der Waals surface area contributed by atoms with E-state index in [0.29, 0.717) is 0 Å². The normalized spacial score (nSPS) is 12.6. The molecule has 0 fully saturated rings. The van der Waals surface area contributed by atoms with E-state index < -0.39 is 0 Å². The van der Waals surface area contributed by atoms with Gasteiger partial charge < -0.3 is 5.32 Å². The second-order valence-corrected chi connectivity index (χ2v) is 6.33. The van der Waals surface area contributed by atoms with Crippen LogP contribution < -0.4 is 5.32 Å². The van der Waals surface area contributed by atoms with E-state index in [1.807, 2.05) is 6.07 Å². The highest BCUT2D eigenvalue weighted by Gasteiger charge is 2.17. The largest absolute Gasteiger partial charge is 0.306 e. The highest BCUT2D eigenvalue weighted by molar-refractivity contribution is 7.16. The molecule has 2 rings (SSSR count). The first-order valence-electron chi connectivity index (χ1n) is 6.82. The lowest BCUT2D eigenvalue weighted by Crippen LogP contribution is -2.23. The fourth-order valence-electron chi connectivity index (χ4n) is 2.27. The van der Waals surface area contributed by atoms with Gasteiger partial charge in [0.25, 0.3) is 0 Å². The first-order chi connectivity index (χ1) is 9.26. The number of hydrogen-bond acceptors (Lipinski definition) is 2. The molecule has 102 valence electrons. The Morgan fingerprint density at radius 1 is 1.16 bits per heavy atom. The van der Waals surface area contributed by atoms with Gasteiger partial charge in [0.1, 0.15) is 0 Å². The van der Waals surface area contributed by atoms with Crippen molar-refractivity contribution in [2.45, 2.75) is 32.7 Å². The van der Waals surface area contributed by atoms with Crippen LogP contribution in [0.5, 0.6) is 0 Å². The van der Waals surface area contributed by atoms with E-state index in [1.165, 1.54) is 16.0 Å². The van der Waals surface area contributed by atoms with E-state index in [2.05, 4.69) is 49.5 Å². The lowest BCUT2D eigenvalue weighted by Gasteiger charge is -2.20. The fourth-order valence-corrected chi connectivity index (χ4v) is 3.43. The van der Waals surface area contributed by atoms with E-state index in [-0.39, 0.29) is 6.04 Å². The van der Waals surface area contributed by atoms with Crippen molar-refractivity contribution in [3.8, 4) is 0 Å². The quantitative estimate of drug-likeness (QED) is 0.785. The van der Waals surface area contributed by atoms with Crippen LogP contribution in [0.1, 0.15) is 42.3 Å². The van der Waals surface area contributed by atoms with Gasteiger partial charge in [-0.15, -0.1) is 11.3 Å². The van der Waals surface area contributed by atoms with Gasteiger partial charge in [0.05, 0.1) is 10.4 Å². The predicted molar refractivity (Wildman–Crippen MR) is 85.3 cm³/mol. The summed E-state index contributed by atoms with van der Waals surface area (Å²) in [5.74, 6) is 0. The van der Waals surface area contributed by atoms with Crippen molar-refractivity contribution in [2.24, 2.45) is 0 Å². The minimum atomic E-state index is 0.258. The Bertz CT molecular complexity index is 521. The van der Waals surface area contributed by atoms with Crippen LogP contribution in [0.25, 0.3) is 0 Å². The molecule has 0 aliphatic carbocycles. The number of nitrogens with one attached hydrogen (secondary N) is 1. The summed E-state index contributed by atoms with van der Waals surface area (Å²) >= 11 is 7.75. The third-order valence-electron chi connectivity index (χ3n) is 3.22. The summed E-state index contributed by atoms with van der Waals surface area (Å²) in [6, 6.07) is 13.0. The van der Waals surface area contributed by atoms with Crippen LogP contribution in [0.15, 0.2) is 36.4 Å². The highest BCUT2D eigenvalue weighted by Crippen LogP contribution is 2.32.